The number of aromatic nitrogens is 5. The van der Waals surface area contributed by atoms with E-state index in [1.165, 1.54) is 23.1 Å². The van der Waals surface area contributed by atoms with Gasteiger partial charge in [-0.05, 0) is 23.8 Å². The van der Waals surface area contributed by atoms with Gasteiger partial charge in [-0.3, -0.25) is 9.67 Å². The van der Waals surface area contributed by atoms with Gasteiger partial charge in [-0.25, -0.2) is 22.0 Å². The maximum Gasteiger partial charge on any atom is 0.291 e. The van der Waals surface area contributed by atoms with Crippen LogP contribution in [-0.2, 0) is 6.54 Å². The highest BCUT2D eigenvalue weighted by molar-refractivity contribution is 7.11. The molecule has 3 aromatic heterocycles. The molecule has 28 heavy (non-hydrogen) atoms. The number of hydrogen-bond donors (Lipinski definition) is 0. The molecule has 0 N–H and O–H groups in total. The number of hydrogen-bond acceptors (Lipinski definition) is 5. The molecule has 0 aliphatic heterocycles. The zero-order valence-electron chi connectivity index (χ0n) is 13.9. The van der Waals surface area contributed by atoms with Crippen LogP contribution in [0.2, 0.25) is 0 Å². The number of nitrogens with zero attached hydrogens (tertiary/aromatic N) is 5. The Balaban J connectivity index is 1.71. The molecule has 0 unspecified atom stereocenters. The van der Waals surface area contributed by atoms with E-state index in [-0.39, 0.29) is 11.6 Å². The van der Waals surface area contributed by atoms with Gasteiger partial charge in [0.1, 0.15) is 16.3 Å². The Hall–Kier alpha value is -2.95. The quantitative estimate of drug-likeness (QED) is 0.433. The van der Waals surface area contributed by atoms with Crippen molar-refractivity contribution in [2.24, 2.45) is 0 Å². The van der Waals surface area contributed by atoms with Crippen molar-refractivity contribution in [2.75, 3.05) is 0 Å². The van der Waals surface area contributed by atoms with Crippen molar-refractivity contribution >= 4 is 22.4 Å². The lowest BCUT2D eigenvalue weighted by atomic mass is 10.0. The molecule has 0 bridgehead atoms. The molecule has 1 aromatic carbocycles. The zero-order valence-corrected chi connectivity index (χ0v) is 14.7. The van der Waals surface area contributed by atoms with Crippen molar-refractivity contribution in [3.63, 3.8) is 0 Å². The third-order valence-corrected chi connectivity index (χ3v) is 4.93. The smallest absolute Gasteiger partial charge is 0.256 e. The van der Waals surface area contributed by atoms with E-state index in [1.807, 2.05) is 0 Å². The first-order valence-corrected chi connectivity index (χ1v) is 8.74. The van der Waals surface area contributed by atoms with Gasteiger partial charge in [-0.1, -0.05) is 17.4 Å². The van der Waals surface area contributed by atoms with Crippen LogP contribution in [0.5, 0.6) is 0 Å². The molecule has 0 fully saturated rings. The maximum atomic E-state index is 13.5. The first kappa shape index (κ1) is 18.4. The molecule has 0 aliphatic carbocycles. The van der Waals surface area contributed by atoms with Crippen LogP contribution in [0.15, 0.2) is 36.7 Å². The Morgan fingerprint density at radius 2 is 1.79 bits per heavy atom. The molecule has 3 heterocycles. The van der Waals surface area contributed by atoms with Crippen molar-refractivity contribution in [3.8, 4) is 11.1 Å². The van der Waals surface area contributed by atoms with Gasteiger partial charge in [-0.2, -0.15) is 5.10 Å². The Morgan fingerprint density at radius 1 is 0.964 bits per heavy atom. The van der Waals surface area contributed by atoms with Crippen LogP contribution in [0.25, 0.3) is 22.2 Å². The second-order valence-corrected chi connectivity index (χ2v) is 6.90. The van der Waals surface area contributed by atoms with E-state index >= 15 is 0 Å². The summed E-state index contributed by atoms with van der Waals surface area (Å²) in [5, 5.41) is 11.3. The van der Waals surface area contributed by atoms with Crippen molar-refractivity contribution < 1.29 is 22.0 Å². The molecule has 144 valence electrons. The minimum absolute atomic E-state index is 0.102. The summed E-state index contributed by atoms with van der Waals surface area (Å²) >= 11 is 0.777. The summed E-state index contributed by atoms with van der Waals surface area (Å²) in [5.41, 5.74) is 1.24. The van der Waals surface area contributed by atoms with Crippen LogP contribution >= 0.6 is 11.3 Å². The van der Waals surface area contributed by atoms with Crippen molar-refractivity contribution in [1.29, 1.82) is 0 Å². The molecule has 0 saturated heterocycles. The number of pyridine rings is 1. The minimum Gasteiger partial charge on any atom is -0.256 e. The van der Waals surface area contributed by atoms with Crippen LogP contribution in [0, 0.1) is 5.82 Å². The predicted molar refractivity (Wildman–Crippen MR) is 91.8 cm³/mol. The number of halogens is 5. The lowest BCUT2D eigenvalue weighted by Crippen LogP contribution is -2.01. The molecule has 4 aromatic rings. The molecule has 0 saturated carbocycles. The topological polar surface area (TPSA) is 56.5 Å². The van der Waals surface area contributed by atoms with Crippen LogP contribution in [-0.4, -0.2) is 25.0 Å². The Morgan fingerprint density at radius 3 is 2.50 bits per heavy atom. The molecule has 5 nitrogen and oxygen atoms in total. The highest BCUT2D eigenvalue weighted by Gasteiger charge is 2.17. The SMILES string of the molecule is Fc1ccc(-c2cnc3cnn(Cc4nnc(C(F)F)s4)c3c2)cc1C(F)F. The summed E-state index contributed by atoms with van der Waals surface area (Å²) in [4.78, 5) is 4.23. The van der Waals surface area contributed by atoms with E-state index < -0.39 is 24.2 Å². The summed E-state index contributed by atoms with van der Waals surface area (Å²) in [6.45, 7) is 0.102. The van der Waals surface area contributed by atoms with Gasteiger partial charge >= 0.3 is 0 Å². The molecule has 0 spiro atoms. The van der Waals surface area contributed by atoms with Crippen LogP contribution in [0.1, 0.15) is 28.4 Å². The Labute approximate surface area is 158 Å². The summed E-state index contributed by atoms with van der Waals surface area (Å²) in [5.74, 6) is -0.982. The van der Waals surface area contributed by atoms with E-state index in [1.54, 1.807) is 6.07 Å². The number of benzene rings is 1. The molecule has 0 amide bonds. The highest BCUT2D eigenvalue weighted by atomic mass is 32.1. The van der Waals surface area contributed by atoms with Crippen molar-refractivity contribution in [1.82, 2.24) is 25.0 Å². The summed E-state index contributed by atoms with van der Waals surface area (Å²) in [6, 6.07) is 5.09. The molecular weight excluding hydrogens is 401 g/mol. The lowest BCUT2D eigenvalue weighted by Gasteiger charge is -2.07. The summed E-state index contributed by atoms with van der Waals surface area (Å²) < 4.78 is 66.3. The van der Waals surface area contributed by atoms with E-state index in [0.29, 0.717) is 27.2 Å². The fourth-order valence-electron chi connectivity index (χ4n) is 2.68. The molecule has 0 radical (unpaired) electrons. The van der Waals surface area contributed by atoms with Crippen LogP contribution in [0.3, 0.4) is 0 Å². The number of rotatable bonds is 5. The van der Waals surface area contributed by atoms with Crippen molar-refractivity contribution in [2.45, 2.75) is 19.4 Å². The largest absolute Gasteiger partial charge is 0.291 e. The zero-order chi connectivity index (χ0) is 19.8. The predicted octanol–water partition coefficient (Wildman–Crippen LogP) is 5.01. The third kappa shape index (κ3) is 3.44. The molecule has 0 aliphatic rings. The standard InChI is InChI=1S/C17H10F5N5S/c18-11-2-1-8(3-10(11)15(19)20)9-4-13-12(23-5-9)6-24-27(13)7-14-25-26-17(28-14)16(21)22/h1-6,15-16H,7H2. The van der Waals surface area contributed by atoms with Gasteiger partial charge in [0, 0.05) is 11.8 Å². The number of alkyl halides is 4. The van der Waals surface area contributed by atoms with Crippen LogP contribution in [0.4, 0.5) is 22.0 Å². The molecular formula is C17H10F5N5S. The lowest BCUT2D eigenvalue weighted by molar-refractivity contribution is 0.146. The summed E-state index contributed by atoms with van der Waals surface area (Å²) in [7, 11) is 0. The Bertz CT molecular complexity index is 1140. The van der Waals surface area contributed by atoms with Crippen LogP contribution < -0.4 is 0 Å². The van der Waals surface area contributed by atoms with E-state index in [9.17, 15) is 22.0 Å². The normalized spacial score (nSPS) is 11.8. The van der Waals surface area contributed by atoms with Gasteiger partial charge in [-0.15, -0.1) is 10.2 Å². The fourth-order valence-corrected chi connectivity index (χ4v) is 3.36. The average molecular weight is 411 g/mol. The number of fused-ring (bicyclic) bond motifs is 1. The van der Waals surface area contributed by atoms with Crippen molar-refractivity contribution in [3.05, 3.63) is 58.1 Å². The van der Waals surface area contributed by atoms with E-state index in [0.717, 1.165) is 23.5 Å². The van der Waals surface area contributed by atoms with E-state index in [2.05, 4.69) is 20.3 Å². The first-order chi connectivity index (χ1) is 13.4. The van der Waals surface area contributed by atoms with E-state index in [4.69, 9.17) is 0 Å². The summed E-state index contributed by atoms with van der Waals surface area (Å²) in [6.07, 6.45) is -2.68. The average Bonchev–Trinajstić information content (AvgIpc) is 3.29. The van der Waals surface area contributed by atoms with Gasteiger partial charge in [0.15, 0.2) is 5.01 Å². The van der Waals surface area contributed by atoms with Gasteiger partial charge in [0.05, 0.1) is 23.8 Å². The molecule has 11 heteroatoms. The second-order valence-electron chi connectivity index (χ2n) is 5.80. The molecule has 0 atom stereocenters. The van der Waals surface area contributed by atoms with Gasteiger partial charge in [0.2, 0.25) is 0 Å². The minimum atomic E-state index is -2.94. The van der Waals surface area contributed by atoms with Gasteiger partial charge < -0.3 is 0 Å². The second kappa shape index (κ2) is 7.23. The monoisotopic (exact) mass is 411 g/mol. The third-order valence-electron chi connectivity index (χ3n) is 4.01. The van der Waals surface area contributed by atoms with Gasteiger partial charge in [0.25, 0.3) is 12.9 Å². The highest BCUT2D eigenvalue weighted by Crippen LogP contribution is 2.29. The fraction of sp³-hybridized carbons (Fsp3) is 0.176. The Kier molecular flexibility index (Phi) is 4.75. The maximum absolute atomic E-state index is 13.5. The first-order valence-electron chi connectivity index (χ1n) is 7.92. The molecule has 4 rings (SSSR count).